The van der Waals surface area contributed by atoms with E-state index >= 15 is 0 Å². The molecule has 1 aliphatic carbocycles. The molecule has 3 aromatic heterocycles. The molecule has 1 aromatic carbocycles. The van der Waals surface area contributed by atoms with Gasteiger partial charge in [-0.15, -0.1) is 21.5 Å². The van der Waals surface area contributed by atoms with Crippen LogP contribution in [0.25, 0.3) is 21.7 Å². The molecule has 0 radical (unpaired) electrons. The third-order valence-electron chi connectivity index (χ3n) is 5.63. The van der Waals surface area contributed by atoms with Crippen molar-refractivity contribution >= 4 is 39.1 Å². The maximum absolute atomic E-state index is 13.1. The molecular formula is C22H20ClN5O3S. The van der Waals surface area contributed by atoms with Gasteiger partial charge >= 0.3 is 0 Å². The lowest BCUT2D eigenvalue weighted by Crippen LogP contribution is -2.37. The third-order valence-corrected chi connectivity index (χ3v) is 7.00. The fourth-order valence-electron chi connectivity index (χ4n) is 3.60. The van der Waals surface area contributed by atoms with Crippen LogP contribution in [0.5, 0.6) is 0 Å². The topological polar surface area (TPSA) is 94.1 Å². The highest BCUT2D eigenvalue weighted by molar-refractivity contribution is 7.18. The van der Waals surface area contributed by atoms with Gasteiger partial charge in [0.05, 0.1) is 18.3 Å². The lowest BCUT2D eigenvalue weighted by atomic mass is 10.2. The monoisotopic (exact) mass is 469 g/mol. The Labute approximate surface area is 192 Å². The zero-order valence-corrected chi connectivity index (χ0v) is 19.1. The molecule has 1 saturated carbocycles. The minimum Gasteiger partial charge on any atom is -0.419 e. The van der Waals surface area contributed by atoms with Gasteiger partial charge in [0.25, 0.3) is 5.56 Å². The molecular weight excluding hydrogens is 450 g/mol. The third kappa shape index (κ3) is 3.93. The second-order valence-corrected chi connectivity index (χ2v) is 9.54. The second kappa shape index (κ2) is 8.14. The van der Waals surface area contributed by atoms with Crippen LogP contribution in [0.1, 0.15) is 29.2 Å². The van der Waals surface area contributed by atoms with Crippen LogP contribution in [-0.4, -0.2) is 36.6 Å². The number of nitrogens with zero attached hydrogens (tertiary/aromatic N) is 5. The molecule has 4 aromatic rings. The van der Waals surface area contributed by atoms with Crippen LogP contribution in [0, 0.1) is 13.8 Å². The number of carbonyl (C=O) groups is 1. The maximum Gasteiger partial charge on any atom is 0.262 e. The highest BCUT2D eigenvalue weighted by Crippen LogP contribution is 2.30. The van der Waals surface area contributed by atoms with E-state index in [1.807, 2.05) is 13.8 Å². The van der Waals surface area contributed by atoms with E-state index in [-0.39, 0.29) is 30.6 Å². The van der Waals surface area contributed by atoms with Gasteiger partial charge in [0.1, 0.15) is 11.4 Å². The van der Waals surface area contributed by atoms with Crippen molar-refractivity contribution in [3.63, 3.8) is 0 Å². The molecule has 164 valence electrons. The number of halogens is 1. The zero-order valence-electron chi connectivity index (χ0n) is 17.5. The number of amides is 1. The number of hydrogen-bond acceptors (Lipinski definition) is 7. The average Bonchev–Trinajstić information content (AvgIpc) is 3.43. The highest BCUT2D eigenvalue weighted by atomic mass is 35.5. The van der Waals surface area contributed by atoms with Crippen LogP contribution in [0.2, 0.25) is 5.02 Å². The standard InChI is InChI=1S/C22H20ClN5O3S/c1-12-13(2)32-21-19(12)22(30)27(11-24-21)10-18(29)28(16-7-8-16)9-17-25-26-20(31-17)14-3-5-15(23)6-4-14/h3-6,11,16H,7-10H2,1-2H3. The maximum atomic E-state index is 13.1. The molecule has 0 N–H and O–H groups in total. The molecule has 1 aliphatic rings. The summed E-state index contributed by atoms with van der Waals surface area (Å²) in [5, 5.41) is 9.40. The van der Waals surface area contributed by atoms with Crippen molar-refractivity contribution in [1.29, 1.82) is 0 Å². The summed E-state index contributed by atoms with van der Waals surface area (Å²) in [7, 11) is 0. The van der Waals surface area contributed by atoms with Gasteiger partial charge in [-0.25, -0.2) is 4.98 Å². The van der Waals surface area contributed by atoms with Gasteiger partial charge in [-0.1, -0.05) is 11.6 Å². The lowest BCUT2D eigenvalue weighted by molar-refractivity contribution is -0.133. The van der Waals surface area contributed by atoms with E-state index in [0.29, 0.717) is 27.0 Å². The van der Waals surface area contributed by atoms with E-state index in [4.69, 9.17) is 16.0 Å². The van der Waals surface area contributed by atoms with Crippen molar-refractivity contribution in [3.8, 4) is 11.5 Å². The van der Waals surface area contributed by atoms with Crippen LogP contribution in [0.15, 0.2) is 39.8 Å². The first-order valence-electron chi connectivity index (χ1n) is 10.2. The lowest BCUT2D eigenvalue weighted by Gasteiger charge is -2.21. The van der Waals surface area contributed by atoms with E-state index in [0.717, 1.165) is 28.8 Å². The number of carbonyl (C=O) groups excluding carboxylic acids is 1. The van der Waals surface area contributed by atoms with Crippen molar-refractivity contribution < 1.29 is 9.21 Å². The van der Waals surface area contributed by atoms with Crippen LogP contribution in [0.3, 0.4) is 0 Å². The first-order valence-corrected chi connectivity index (χ1v) is 11.4. The summed E-state index contributed by atoms with van der Waals surface area (Å²) in [6.45, 7) is 4.00. The quantitative estimate of drug-likeness (QED) is 0.424. The molecule has 1 fully saturated rings. The highest BCUT2D eigenvalue weighted by Gasteiger charge is 2.34. The minimum absolute atomic E-state index is 0.0786. The molecule has 3 heterocycles. The Balaban J connectivity index is 1.36. The summed E-state index contributed by atoms with van der Waals surface area (Å²) in [6.07, 6.45) is 3.28. The van der Waals surface area contributed by atoms with Crippen LogP contribution in [0.4, 0.5) is 0 Å². The smallest absolute Gasteiger partial charge is 0.262 e. The molecule has 0 bridgehead atoms. The Morgan fingerprint density at radius 3 is 2.72 bits per heavy atom. The van der Waals surface area contributed by atoms with E-state index in [2.05, 4.69) is 15.2 Å². The number of aromatic nitrogens is 4. The van der Waals surface area contributed by atoms with Gasteiger partial charge in [0.2, 0.25) is 17.7 Å². The molecule has 1 amide bonds. The molecule has 5 rings (SSSR count). The van der Waals surface area contributed by atoms with E-state index in [9.17, 15) is 9.59 Å². The van der Waals surface area contributed by atoms with Crippen molar-refractivity contribution in [1.82, 2.24) is 24.6 Å². The number of hydrogen-bond donors (Lipinski definition) is 0. The number of rotatable bonds is 6. The molecule has 0 saturated heterocycles. The molecule has 10 heteroatoms. The van der Waals surface area contributed by atoms with Gasteiger partial charge in [0, 0.05) is 21.5 Å². The molecule has 32 heavy (non-hydrogen) atoms. The summed E-state index contributed by atoms with van der Waals surface area (Å²) in [5.41, 5.74) is 1.48. The second-order valence-electron chi connectivity index (χ2n) is 7.90. The van der Waals surface area contributed by atoms with Gasteiger partial charge < -0.3 is 9.32 Å². The largest absolute Gasteiger partial charge is 0.419 e. The fourth-order valence-corrected chi connectivity index (χ4v) is 4.71. The number of aryl methyl sites for hydroxylation is 2. The van der Waals surface area contributed by atoms with Gasteiger partial charge in [0.15, 0.2) is 0 Å². The normalized spacial score (nSPS) is 13.6. The van der Waals surface area contributed by atoms with E-state index in [1.165, 1.54) is 22.2 Å². The Kier molecular flexibility index (Phi) is 5.30. The molecule has 0 spiro atoms. The van der Waals surface area contributed by atoms with Crippen LogP contribution in [-0.2, 0) is 17.9 Å². The fraction of sp³-hybridized carbons (Fsp3) is 0.318. The molecule has 0 unspecified atom stereocenters. The molecule has 0 atom stereocenters. The molecule has 8 nitrogen and oxygen atoms in total. The predicted molar refractivity (Wildman–Crippen MR) is 122 cm³/mol. The van der Waals surface area contributed by atoms with Crippen molar-refractivity contribution in [2.75, 3.05) is 0 Å². The van der Waals surface area contributed by atoms with Crippen LogP contribution >= 0.6 is 22.9 Å². The van der Waals surface area contributed by atoms with Crippen LogP contribution < -0.4 is 5.56 Å². The average molecular weight is 470 g/mol. The number of thiophene rings is 1. The van der Waals surface area contributed by atoms with E-state index in [1.54, 1.807) is 29.2 Å². The summed E-state index contributed by atoms with van der Waals surface area (Å²) < 4.78 is 7.16. The van der Waals surface area contributed by atoms with Gasteiger partial charge in [-0.3, -0.25) is 14.2 Å². The number of fused-ring (bicyclic) bond motifs is 1. The summed E-state index contributed by atoms with van der Waals surface area (Å²) in [4.78, 5) is 33.9. The first-order chi connectivity index (χ1) is 15.4. The Morgan fingerprint density at radius 1 is 1.25 bits per heavy atom. The number of benzene rings is 1. The van der Waals surface area contributed by atoms with Crippen molar-refractivity contribution in [3.05, 3.63) is 62.3 Å². The van der Waals surface area contributed by atoms with Gasteiger partial charge in [-0.05, 0) is 56.5 Å². The zero-order chi connectivity index (χ0) is 22.4. The first kappa shape index (κ1) is 20.8. The summed E-state index contributed by atoms with van der Waals surface area (Å²) in [5.74, 6) is 0.543. The van der Waals surface area contributed by atoms with E-state index < -0.39 is 0 Å². The van der Waals surface area contributed by atoms with Crippen molar-refractivity contribution in [2.24, 2.45) is 0 Å². The predicted octanol–water partition coefficient (Wildman–Crippen LogP) is 3.97. The summed E-state index contributed by atoms with van der Waals surface area (Å²) in [6, 6.07) is 7.21. The SMILES string of the molecule is Cc1sc2ncn(CC(=O)N(Cc3nnc(-c4ccc(Cl)cc4)o3)C3CC3)c(=O)c2c1C. The van der Waals surface area contributed by atoms with Crippen molar-refractivity contribution in [2.45, 2.75) is 45.8 Å². The Hall–Kier alpha value is -3.04. The summed E-state index contributed by atoms with van der Waals surface area (Å²) >= 11 is 7.42. The van der Waals surface area contributed by atoms with Gasteiger partial charge in [-0.2, -0.15) is 0 Å². The Bertz CT molecular complexity index is 1370. The minimum atomic E-state index is -0.191. The Morgan fingerprint density at radius 2 is 2.00 bits per heavy atom. The molecule has 0 aliphatic heterocycles.